The number of carbonyl (C=O) groups is 2. The van der Waals surface area contributed by atoms with Crippen LogP contribution in [0.4, 0.5) is 0 Å². The van der Waals surface area contributed by atoms with E-state index in [9.17, 15) is 9.59 Å². The van der Waals surface area contributed by atoms with Crippen molar-refractivity contribution in [2.24, 2.45) is 0 Å². The molecule has 0 N–H and O–H groups in total. The van der Waals surface area contributed by atoms with Gasteiger partial charge >= 0.3 is 0 Å². The smallest absolute Gasteiger partial charge is 0.254 e. The van der Waals surface area contributed by atoms with Crippen molar-refractivity contribution in [3.8, 4) is 0 Å². The number of piperidine rings is 1. The first-order chi connectivity index (χ1) is 12.1. The van der Waals surface area contributed by atoms with E-state index >= 15 is 0 Å². The Kier molecular flexibility index (Phi) is 5.72. The molecule has 2 fully saturated rings. The molecule has 0 saturated carbocycles. The van der Waals surface area contributed by atoms with Gasteiger partial charge in [-0.3, -0.25) is 9.59 Å². The second kappa shape index (κ2) is 7.81. The predicted molar refractivity (Wildman–Crippen MR) is 103 cm³/mol. The molecule has 1 aromatic rings. The lowest BCUT2D eigenvalue weighted by molar-refractivity contribution is -0.132. The van der Waals surface area contributed by atoms with Crippen molar-refractivity contribution in [2.45, 2.75) is 50.8 Å². The van der Waals surface area contributed by atoms with E-state index in [0.717, 1.165) is 56.6 Å². The van der Waals surface area contributed by atoms with Gasteiger partial charge in [-0.25, -0.2) is 0 Å². The molecule has 3 rings (SSSR count). The SMILES string of the molecule is CCCCC(=O)N1CCC2(CC1)SCCN2C(=O)c1ccc(C)cc1. The van der Waals surface area contributed by atoms with Gasteiger partial charge in [0, 0.05) is 37.4 Å². The highest BCUT2D eigenvalue weighted by atomic mass is 32.2. The van der Waals surface area contributed by atoms with Gasteiger partial charge in [0.25, 0.3) is 5.91 Å². The predicted octanol–water partition coefficient (Wildman–Crippen LogP) is 3.69. The van der Waals surface area contributed by atoms with E-state index in [4.69, 9.17) is 0 Å². The Morgan fingerprint density at radius 2 is 1.80 bits per heavy atom. The van der Waals surface area contributed by atoms with Crippen LogP contribution in [0.15, 0.2) is 24.3 Å². The van der Waals surface area contributed by atoms with Crippen molar-refractivity contribution in [1.82, 2.24) is 9.80 Å². The zero-order valence-corrected chi connectivity index (χ0v) is 16.1. The lowest BCUT2D eigenvalue weighted by Crippen LogP contribution is -2.53. The molecule has 2 aliphatic heterocycles. The Hall–Kier alpha value is -1.49. The molecule has 0 unspecified atom stereocenters. The lowest BCUT2D eigenvalue weighted by atomic mass is 10.00. The number of thioether (sulfide) groups is 1. The van der Waals surface area contributed by atoms with Gasteiger partial charge in [0.1, 0.15) is 0 Å². The van der Waals surface area contributed by atoms with E-state index in [1.54, 1.807) is 0 Å². The number of amides is 2. The van der Waals surface area contributed by atoms with Gasteiger partial charge in [0.2, 0.25) is 5.91 Å². The molecular weight excluding hydrogens is 332 g/mol. The van der Waals surface area contributed by atoms with Crippen LogP contribution in [-0.2, 0) is 4.79 Å². The van der Waals surface area contributed by atoms with Crippen molar-refractivity contribution in [3.05, 3.63) is 35.4 Å². The summed E-state index contributed by atoms with van der Waals surface area (Å²) >= 11 is 1.90. The van der Waals surface area contributed by atoms with Gasteiger partial charge < -0.3 is 9.80 Å². The summed E-state index contributed by atoms with van der Waals surface area (Å²) in [5.74, 6) is 1.40. The Bertz CT molecular complexity index is 621. The van der Waals surface area contributed by atoms with Gasteiger partial charge in [-0.1, -0.05) is 31.0 Å². The maximum atomic E-state index is 13.0. The first-order valence-electron chi connectivity index (χ1n) is 9.36. The van der Waals surface area contributed by atoms with Crippen molar-refractivity contribution in [2.75, 3.05) is 25.4 Å². The largest absolute Gasteiger partial charge is 0.342 e. The number of likely N-dealkylation sites (tertiary alicyclic amines) is 1. The third-order valence-electron chi connectivity index (χ3n) is 5.36. The summed E-state index contributed by atoms with van der Waals surface area (Å²) in [5.41, 5.74) is 1.94. The van der Waals surface area contributed by atoms with Crippen molar-refractivity contribution < 1.29 is 9.59 Å². The van der Waals surface area contributed by atoms with Crippen LogP contribution in [0.2, 0.25) is 0 Å². The summed E-state index contributed by atoms with van der Waals surface area (Å²) in [6, 6.07) is 7.85. The maximum Gasteiger partial charge on any atom is 0.254 e. The number of hydrogen-bond acceptors (Lipinski definition) is 3. The van der Waals surface area contributed by atoms with Crippen LogP contribution >= 0.6 is 11.8 Å². The lowest BCUT2D eigenvalue weighted by Gasteiger charge is -2.44. The highest BCUT2D eigenvalue weighted by Crippen LogP contribution is 2.44. The molecule has 0 aliphatic carbocycles. The second-order valence-electron chi connectivity index (χ2n) is 7.10. The third kappa shape index (κ3) is 3.86. The van der Waals surface area contributed by atoms with Crippen LogP contribution in [0.5, 0.6) is 0 Å². The van der Waals surface area contributed by atoms with Crippen LogP contribution in [-0.4, -0.2) is 51.9 Å². The van der Waals surface area contributed by atoms with E-state index in [1.165, 1.54) is 5.56 Å². The Morgan fingerprint density at radius 1 is 1.12 bits per heavy atom. The maximum absolute atomic E-state index is 13.0. The summed E-state index contributed by atoms with van der Waals surface area (Å²) in [6.07, 6.45) is 4.44. The van der Waals surface area contributed by atoms with E-state index < -0.39 is 0 Å². The normalized spacial score (nSPS) is 19.4. The molecule has 2 heterocycles. The molecule has 0 atom stereocenters. The van der Waals surface area contributed by atoms with Crippen LogP contribution < -0.4 is 0 Å². The fraction of sp³-hybridized carbons (Fsp3) is 0.600. The molecule has 0 radical (unpaired) electrons. The number of benzene rings is 1. The second-order valence-corrected chi connectivity index (χ2v) is 8.56. The van der Waals surface area contributed by atoms with Crippen LogP contribution in [0.25, 0.3) is 0 Å². The van der Waals surface area contributed by atoms with Crippen molar-refractivity contribution in [1.29, 1.82) is 0 Å². The highest BCUT2D eigenvalue weighted by Gasteiger charge is 2.46. The molecule has 2 amide bonds. The summed E-state index contributed by atoms with van der Waals surface area (Å²) < 4.78 is 0. The molecule has 1 spiro atoms. The molecule has 2 saturated heterocycles. The fourth-order valence-corrected chi connectivity index (χ4v) is 5.21. The molecule has 0 bridgehead atoms. The van der Waals surface area contributed by atoms with Crippen LogP contribution in [0, 0.1) is 6.92 Å². The van der Waals surface area contributed by atoms with E-state index in [0.29, 0.717) is 6.42 Å². The standard InChI is InChI=1S/C20H28N2O2S/c1-3-4-5-18(23)21-12-10-20(11-13-21)22(14-15-25-20)19(24)17-8-6-16(2)7-9-17/h6-9H,3-5,10-15H2,1-2H3. The summed E-state index contributed by atoms with van der Waals surface area (Å²) in [4.78, 5) is 29.2. The molecular formula is C20H28N2O2S. The monoisotopic (exact) mass is 360 g/mol. The highest BCUT2D eigenvalue weighted by molar-refractivity contribution is 8.00. The first-order valence-corrected chi connectivity index (χ1v) is 10.3. The number of rotatable bonds is 4. The number of aryl methyl sites for hydroxylation is 1. The van der Waals surface area contributed by atoms with Crippen LogP contribution in [0.3, 0.4) is 0 Å². The zero-order chi connectivity index (χ0) is 17.9. The van der Waals surface area contributed by atoms with Gasteiger partial charge in [0.15, 0.2) is 0 Å². The third-order valence-corrected chi connectivity index (χ3v) is 6.92. The Balaban J connectivity index is 1.66. The van der Waals surface area contributed by atoms with E-state index in [2.05, 4.69) is 11.8 Å². The minimum absolute atomic E-state index is 0.122. The molecule has 2 aliphatic rings. The Morgan fingerprint density at radius 3 is 2.44 bits per heavy atom. The molecule has 25 heavy (non-hydrogen) atoms. The zero-order valence-electron chi connectivity index (χ0n) is 15.3. The van der Waals surface area contributed by atoms with E-state index in [-0.39, 0.29) is 16.7 Å². The average molecular weight is 361 g/mol. The van der Waals surface area contributed by atoms with E-state index in [1.807, 2.05) is 47.9 Å². The number of hydrogen-bond donors (Lipinski definition) is 0. The molecule has 5 heteroatoms. The minimum atomic E-state index is -0.122. The van der Waals surface area contributed by atoms with Gasteiger partial charge in [-0.2, -0.15) is 0 Å². The summed E-state index contributed by atoms with van der Waals surface area (Å²) in [6.45, 7) is 6.50. The molecule has 1 aromatic carbocycles. The molecule has 0 aromatic heterocycles. The van der Waals surface area contributed by atoms with Crippen LogP contribution in [0.1, 0.15) is 54.9 Å². The van der Waals surface area contributed by atoms with Crippen molar-refractivity contribution in [3.63, 3.8) is 0 Å². The average Bonchev–Trinajstić information content (AvgIpc) is 3.03. The van der Waals surface area contributed by atoms with Gasteiger partial charge in [0.05, 0.1) is 4.87 Å². The first kappa shape index (κ1) is 18.3. The van der Waals surface area contributed by atoms with Gasteiger partial charge in [-0.05, 0) is 38.3 Å². The number of nitrogens with zero attached hydrogens (tertiary/aromatic N) is 2. The minimum Gasteiger partial charge on any atom is -0.342 e. The quantitative estimate of drug-likeness (QED) is 0.822. The molecule has 136 valence electrons. The summed E-state index contributed by atoms with van der Waals surface area (Å²) in [5, 5.41) is 0. The fourth-order valence-electron chi connectivity index (χ4n) is 3.75. The number of carbonyl (C=O) groups excluding carboxylic acids is 2. The number of unbranched alkanes of at least 4 members (excludes halogenated alkanes) is 1. The summed E-state index contributed by atoms with van der Waals surface area (Å²) in [7, 11) is 0. The Labute approximate surface area is 154 Å². The van der Waals surface area contributed by atoms with Crippen molar-refractivity contribution >= 4 is 23.6 Å². The van der Waals surface area contributed by atoms with Gasteiger partial charge in [-0.15, -0.1) is 11.8 Å². The topological polar surface area (TPSA) is 40.6 Å². The molecule has 4 nitrogen and oxygen atoms in total.